The summed E-state index contributed by atoms with van der Waals surface area (Å²) in [5.41, 5.74) is 2.17. The highest BCUT2D eigenvalue weighted by atomic mass is 16.6. The van der Waals surface area contributed by atoms with Crippen LogP contribution in [0.5, 0.6) is 5.75 Å². The van der Waals surface area contributed by atoms with Crippen LogP contribution in [0, 0.1) is 10.1 Å². The zero-order valence-corrected chi connectivity index (χ0v) is 14.9. The average Bonchev–Trinajstić information content (AvgIpc) is 2.69. The van der Waals surface area contributed by atoms with E-state index in [0.717, 1.165) is 56.4 Å². The average molecular weight is 356 g/mol. The summed E-state index contributed by atoms with van der Waals surface area (Å²) in [7, 11) is 1.71. The normalized spacial score (nSPS) is 14.9. The quantitative estimate of drug-likeness (QED) is 0.608. The fraction of sp³-hybridized carbons (Fsp3) is 0.368. The lowest BCUT2D eigenvalue weighted by molar-refractivity contribution is -0.384. The summed E-state index contributed by atoms with van der Waals surface area (Å²) in [5, 5.41) is 14.0. The Hall–Kier alpha value is -2.80. The van der Waals surface area contributed by atoms with E-state index in [1.54, 1.807) is 19.2 Å². The van der Waals surface area contributed by atoms with Crippen molar-refractivity contribution in [1.82, 2.24) is 4.90 Å². The molecule has 0 aromatic heterocycles. The van der Waals surface area contributed by atoms with Crippen molar-refractivity contribution < 1.29 is 9.66 Å². The third-order valence-corrected chi connectivity index (χ3v) is 4.63. The highest BCUT2D eigenvalue weighted by molar-refractivity contribution is 5.58. The van der Waals surface area contributed by atoms with E-state index in [1.807, 2.05) is 18.2 Å². The minimum Gasteiger partial charge on any atom is -0.495 e. The first kappa shape index (κ1) is 18.0. The Morgan fingerprint density at radius 1 is 1.08 bits per heavy atom. The smallest absolute Gasteiger partial charge is 0.269 e. The number of anilines is 2. The molecular formula is C19H24N4O3. The molecule has 1 fully saturated rings. The molecule has 2 aromatic rings. The largest absolute Gasteiger partial charge is 0.495 e. The molecule has 0 atom stereocenters. The molecule has 2 aromatic carbocycles. The minimum atomic E-state index is -0.384. The van der Waals surface area contributed by atoms with Gasteiger partial charge in [0, 0.05) is 57.1 Å². The third-order valence-electron chi connectivity index (χ3n) is 4.63. The number of nitro benzene ring substituents is 1. The molecule has 0 radical (unpaired) electrons. The zero-order chi connectivity index (χ0) is 18.4. The summed E-state index contributed by atoms with van der Waals surface area (Å²) in [6, 6.07) is 14.7. The molecule has 0 amide bonds. The van der Waals surface area contributed by atoms with Crippen LogP contribution in [0.25, 0.3) is 0 Å². The van der Waals surface area contributed by atoms with Crippen molar-refractivity contribution in [2.45, 2.75) is 0 Å². The fourth-order valence-electron chi connectivity index (χ4n) is 3.16. The molecular weight excluding hydrogens is 332 g/mol. The van der Waals surface area contributed by atoms with Gasteiger partial charge in [-0.2, -0.15) is 0 Å². The number of nitrogens with zero attached hydrogens (tertiary/aromatic N) is 3. The molecule has 7 nitrogen and oxygen atoms in total. The molecule has 0 aliphatic carbocycles. The lowest BCUT2D eigenvalue weighted by atomic mass is 10.2. The summed E-state index contributed by atoms with van der Waals surface area (Å²) in [6.07, 6.45) is 0. The van der Waals surface area contributed by atoms with Crippen molar-refractivity contribution in [3.05, 3.63) is 58.6 Å². The Bertz CT molecular complexity index is 728. The monoisotopic (exact) mass is 356 g/mol. The van der Waals surface area contributed by atoms with Crippen LogP contribution in [-0.2, 0) is 0 Å². The standard InChI is InChI=1S/C19H24N4O3/c1-26-19-5-3-2-4-18(19)22-14-12-21(13-15-22)11-10-20-16-6-8-17(9-7-16)23(24)25/h2-9,20H,10-15H2,1H3. The summed E-state index contributed by atoms with van der Waals surface area (Å²) in [4.78, 5) is 15.1. The molecule has 0 saturated carbocycles. The number of ether oxygens (including phenoxy) is 1. The van der Waals surface area contributed by atoms with E-state index < -0.39 is 0 Å². The number of hydrogen-bond donors (Lipinski definition) is 1. The van der Waals surface area contributed by atoms with E-state index in [9.17, 15) is 10.1 Å². The summed E-state index contributed by atoms with van der Waals surface area (Å²) < 4.78 is 5.46. The maximum absolute atomic E-state index is 10.7. The number of methoxy groups -OCH3 is 1. The summed E-state index contributed by atoms with van der Waals surface area (Å²) in [6.45, 7) is 5.69. The van der Waals surface area contributed by atoms with Crippen LogP contribution in [-0.4, -0.2) is 56.2 Å². The molecule has 1 aliphatic heterocycles. The van der Waals surface area contributed by atoms with Gasteiger partial charge in [-0.25, -0.2) is 0 Å². The number of piperazine rings is 1. The van der Waals surface area contributed by atoms with Crippen molar-refractivity contribution in [3.63, 3.8) is 0 Å². The number of nitro groups is 1. The van der Waals surface area contributed by atoms with Crippen molar-refractivity contribution in [1.29, 1.82) is 0 Å². The highest BCUT2D eigenvalue weighted by Crippen LogP contribution is 2.28. The lowest BCUT2D eigenvalue weighted by Crippen LogP contribution is -2.47. The number of nitrogens with one attached hydrogen (secondary N) is 1. The Labute approximate surface area is 153 Å². The van der Waals surface area contributed by atoms with Crippen LogP contribution >= 0.6 is 0 Å². The maximum atomic E-state index is 10.7. The number of hydrogen-bond acceptors (Lipinski definition) is 6. The first-order chi connectivity index (χ1) is 12.7. The van der Waals surface area contributed by atoms with Crippen LogP contribution in [0.4, 0.5) is 17.1 Å². The van der Waals surface area contributed by atoms with Gasteiger partial charge in [0.15, 0.2) is 0 Å². The number of non-ortho nitro benzene ring substituents is 1. The topological polar surface area (TPSA) is 70.9 Å². The molecule has 0 spiro atoms. The molecule has 1 N–H and O–H groups in total. The van der Waals surface area contributed by atoms with Gasteiger partial charge >= 0.3 is 0 Å². The van der Waals surface area contributed by atoms with Gasteiger partial charge in [-0.1, -0.05) is 12.1 Å². The van der Waals surface area contributed by atoms with Crippen LogP contribution < -0.4 is 15.0 Å². The van der Waals surface area contributed by atoms with Gasteiger partial charge in [0.2, 0.25) is 0 Å². The molecule has 0 unspecified atom stereocenters. The van der Waals surface area contributed by atoms with Gasteiger partial charge in [-0.15, -0.1) is 0 Å². The van der Waals surface area contributed by atoms with Crippen molar-refractivity contribution in [2.75, 3.05) is 56.6 Å². The number of rotatable bonds is 7. The fourth-order valence-corrected chi connectivity index (χ4v) is 3.16. The molecule has 7 heteroatoms. The number of benzene rings is 2. The van der Waals surface area contributed by atoms with Gasteiger partial charge in [-0.05, 0) is 24.3 Å². The lowest BCUT2D eigenvalue weighted by Gasteiger charge is -2.36. The molecule has 26 heavy (non-hydrogen) atoms. The van der Waals surface area contributed by atoms with E-state index >= 15 is 0 Å². The molecule has 1 heterocycles. The molecule has 138 valence electrons. The molecule has 1 saturated heterocycles. The minimum absolute atomic E-state index is 0.114. The second-order valence-corrected chi connectivity index (χ2v) is 6.23. The van der Waals surface area contributed by atoms with Crippen molar-refractivity contribution >= 4 is 17.1 Å². The van der Waals surface area contributed by atoms with E-state index in [4.69, 9.17) is 4.74 Å². The van der Waals surface area contributed by atoms with Gasteiger partial charge in [0.1, 0.15) is 5.75 Å². The first-order valence-electron chi connectivity index (χ1n) is 8.76. The Morgan fingerprint density at radius 3 is 2.42 bits per heavy atom. The Morgan fingerprint density at radius 2 is 1.77 bits per heavy atom. The Kier molecular flexibility index (Phi) is 5.91. The molecule has 3 rings (SSSR count). The van der Waals surface area contributed by atoms with Gasteiger partial charge < -0.3 is 15.0 Å². The van der Waals surface area contributed by atoms with Gasteiger partial charge in [-0.3, -0.25) is 15.0 Å². The van der Waals surface area contributed by atoms with E-state index in [-0.39, 0.29) is 10.6 Å². The summed E-state index contributed by atoms with van der Waals surface area (Å²) in [5.74, 6) is 0.917. The predicted octanol–water partition coefficient (Wildman–Crippen LogP) is 2.84. The first-order valence-corrected chi connectivity index (χ1v) is 8.76. The zero-order valence-electron chi connectivity index (χ0n) is 14.9. The van der Waals surface area contributed by atoms with Crippen LogP contribution in [0.15, 0.2) is 48.5 Å². The third kappa shape index (κ3) is 4.43. The van der Waals surface area contributed by atoms with E-state index in [0.29, 0.717) is 0 Å². The van der Waals surface area contributed by atoms with Crippen molar-refractivity contribution in [2.24, 2.45) is 0 Å². The van der Waals surface area contributed by atoms with E-state index in [2.05, 4.69) is 21.2 Å². The second-order valence-electron chi connectivity index (χ2n) is 6.23. The molecule has 0 bridgehead atoms. The van der Waals surface area contributed by atoms with Crippen LogP contribution in [0.1, 0.15) is 0 Å². The predicted molar refractivity (Wildman–Crippen MR) is 103 cm³/mol. The maximum Gasteiger partial charge on any atom is 0.269 e. The SMILES string of the molecule is COc1ccccc1N1CCN(CCNc2ccc([N+](=O)[O-])cc2)CC1. The summed E-state index contributed by atoms with van der Waals surface area (Å²) >= 11 is 0. The van der Waals surface area contributed by atoms with Crippen LogP contribution in [0.3, 0.4) is 0 Å². The van der Waals surface area contributed by atoms with Crippen molar-refractivity contribution in [3.8, 4) is 5.75 Å². The van der Waals surface area contributed by atoms with Gasteiger partial charge in [0.05, 0.1) is 17.7 Å². The number of para-hydroxylation sites is 2. The Balaban J connectivity index is 1.43. The van der Waals surface area contributed by atoms with E-state index in [1.165, 1.54) is 12.1 Å². The molecule has 1 aliphatic rings. The highest BCUT2D eigenvalue weighted by Gasteiger charge is 2.19. The van der Waals surface area contributed by atoms with Gasteiger partial charge in [0.25, 0.3) is 5.69 Å². The van der Waals surface area contributed by atoms with Crippen LogP contribution in [0.2, 0.25) is 0 Å². The second kappa shape index (κ2) is 8.53.